The molecule has 37 heavy (non-hydrogen) atoms. The van der Waals surface area contributed by atoms with Crippen LogP contribution in [0.25, 0.3) is 0 Å². The molecule has 0 heterocycles. The van der Waals surface area contributed by atoms with Crippen LogP contribution in [-0.4, -0.2) is 76.5 Å². The number of nitrogens with one attached hydrogen (secondary N) is 3. The summed E-state index contributed by atoms with van der Waals surface area (Å²) in [5, 5.41) is 17.9. The van der Waals surface area contributed by atoms with Gasteiger partial charge < -0.3 is 44.0 Å². The standard InChI is InChI=1S/C18H36O2.C6H18N4.C4H13N3/c1-2-3-4-5-6-7-8-9-10-11-12-13-14-15-16-17-18(19)20;7-1-3-9-5-6-10-4-2-8;5-1-3-7-4-2-6/h2-17H2,1H3,(H,19,20);9-10H,1-8H2;7H,1-6H2. The first-order valence-electron chi connectivity index (χ1n) is 15.2. The van der Waals surface area contributed by atoms with Gasteiger partial charge in [-0.3, -0.25) is 4.79 Å². The smallest absolute Gasteiger partial charge is 0.303 e. The van der Waals surface area contributed by atoms with Crippen LogP contribution in [0.1, 0.15) is 110 Å². The number of unbranched alkanes of at least 4 members (excludes halogenated alkanes) is 14. The van der Waals surface area contributed by atoms with Crippen molar-refractivity contribution < 1.29 is 9.90 Å². The quantitative estimate of drug-likeness (QED) is 0.0737. The summed E-state index contributed by atoms with van der Waals surface area (Å²) in [6, 6.07) is 0. The van der Waals surface area contributed by atoms with Crippen molar-refractivity contribution in [1.82, 2.24) is 16.0 Å². The Kier molecular flexibility index (Phi) is 46.5. The summed E-state index contributed by atoms with van der Waals surface area (Å²) < 4.78 is 0. The fourth-order valence-corrected chi connectivity index (χ4v) is 3.61. The lowest BCUT2D eigenvalue weighted by Gasteiger charge is -2.03. The Morgan fingerprint density at radius 2 is 0.757 bits per heavy atom. The summed E-state index contributed by atoms with van der Waals surface area (Å²) >= 11 is 0. The van der Waals surface area contributed by atoms with Crippen molar-refractivity contribution in [3.8, 4) is 0 Å². The molecule has 0 bridgehead atoms. The molecule has 9 heteroatoms. The van der Waals surface area contributed by atoms with Crippen LogP contribution in [-0.2, 0) is 4.79 Å². The first kappa shape index (κ1) is 40.7. The lowest BCUT2D eigenvalue weighted by Crippen LogP contribution is -2.32. The predicted octanol–water partition coefficient (Wildman–Crippen LogP) is 2.91. The van der Waals surface area contributed by atoms with E-state index < -0.39 is 5.97 Å². The van der Waals surface area contributed by atoms with Gasteiger partial charge in [0.1, 0.15) is 0 Å². The van der Waals surface area contributed by atoms with Gasteiger partial charge in [-0.05, 0) is 6.42 Å². The van der Waals surface area contributed by atoms with Crippen LogP contribution >= 0.6 is 0 Å². The maximum atomic E-state index is 10.3. The molecule has 0 saturated carbocycles. The third kappa shape index (κ3) is 52.4. The predicted molar refractivity (Wildman–Crippen MR) is 162 cm³/mol. The van der Waals surface area contributed by atoms with E-state index in [2.05, 4.69) is 22.9 Å². The molecular formula is C28H67N7O2. The van der Waals surface area contributed by atoms with Crippen molar-refractivity contribution in [2.75, 3.05) is 65.4 Å². The van der Waals surface area contributed by atoms with Gasteiger partial charge in [0.2, 0.25) is 0 Å². The molecule has 0 rings (SSSR count). The van der Waals surface area contributed by atoms with Crippen LogP contribution in [0.2, 0.25) is 0 Å². The topological polar surface area (TPSA) is 177 Å². The highest BCUT2D eigenvalue weighted by Gasteiger charge is 1.97. The molecule has 0 aliphatic rings. The Hall–Kier alpha value is -0.810. The summed E-state index contributed by atoms with van der Waals surface area (Å²) in [7, 11) is 0. The molecule has 0 spiro atoms. The lowest BCUT2D eigenvalue weighted by atomic mass is 10.0. The number of carboxylic acid groups (broad SMARTS) is 1. The minimum atomic E-state index is -0.653. The fraction of sp³-hybridized carbons (Fsp3) is 0.964. The Morgan fingerprint density at radius 1 is 0.486 bits per heavy atom. The molecule has 0 aliphatic heterocycles. The molecule has 0 aromatic heterocycles. The number of rotatable bonds is 27. The molecule has 226 valence electrons. The van der Waals surface area contributed by atoms with E-state index in [4.69, 9.17) is 28.0 Å². The van der Waals surface area contributed by atoms with E-state index in [-0.39, 0.29) is 0 Å². The molecular weight excluding hydrogens is 466 g/mol. The number of carbonyl (C=O) groups is 1. The number of carboxylic acids is 1. The summed E-state index contributed by atoms with van der Waals surface area (Å²) in [5.74, 6) is -0.653. The first-order chi connectivity index (χ1) is 18.1. The zero-order valence-electron chi connectivity index (χ0n) is 24.5. The Labute approximate surface area is 230 Å². The molecule has 0 radical (unpaired) electrons. The van der Waals surface area contributed by atoms with Crippen molar-refractivity contribution in [2.24, 2.45) is 22.9 Å². The average Bonchev–Trinajstić information content (AvgIpc) is 2.89. The largest absolute Gasteiger partial charge is 0.481 e. The average molecular weight is 534 g/mol. The molecule has 0 amide bonds. The monoisotopic (exact) mass is 534 g/mol. The molecule has 0 atom stereocenters. The zero-order valence-corrected chi connectivity index (χ0v) is 24.5. The Bertz CT molecular complexity index is 380. The van der Waals surface area contributed by atoms with E-state index in [0.717, 1.165) is 52.1 Å². The lowest BCUT2D eigenvalue weighted by molar-refractivity contribution is -0.137. The SMILES string of the molecule is CCCCCCCCCCCCCCCCCC(=O)O.NCCNCCN.NCCNCCNCCN. The molecule has 0 unspecified atom stereocenters. The van der Waals surface area contributed by atoms with Gasteiger partial charge in [-0.15, -0.1) is 0 Å². The number of hydrogen-bond donors (Lipinski definition) is 8. The second-order valence-electron chi connectivity index (χ2n) is 9.50. The third-order valence-corrected chi connectivity index (χ3v) is 5.76. The minimum Gasteiger partial charge on any atom is -0.481 e. The molecule has 9 nitrogen and oxygen atoms in total. The van der Waals surface area contributed by atoms with Crippen molar-refractivity contribution in [1.29, 1.82) is 0 Å². The number of nitrogens with two attached hydrogens (primary N) is 4. The summed E-state index contributed by atoms with van der Waals surface area (Å²) in [6.45, 7) is 10.5. The molecule has 0 aromatic carbocycles. The second kappa shape index (κ2) is 42.3. The molecule has 0 aliphatic carbocycles. The molecule has 0 fully saturated rings. The van der Waals surface area contributed by atoms with Crippen LogP contribution in [0.4, 0.5) is 0 Å². The minimum absolute atomic E-state index is 0.345. The third-order valence-electron chi connectivity index (χ3n) is 5.76. The highest BCUT2D eigenvalue weighted by molar-refractivity contribution is 5.66. The van der Waals surface area contributed by atoms with E-state index in [1.165, 1.54) is 83.5 Å². The van der Waals surface area contributed by atoms with Crippen LogP contribution < -0.4 is 38.9 Å². The fourth-order valence-electron chi connectivity index (χ4n) is 3.61. The maximum absolute atomic E-state index is 10.3. The zero-order chi connectivity index (χ0) is 28.1. The van der Waals surface area contributed by atoms with Crippen molar-refractivity contribution in [3.05, 3.63) is 0 Å². The van der Waals surface area contributed by atoms with Crippen LogP contribution in [0.5, 0.6) is 0 Å². The van der Waals surface area contributed by atoms with Gasteiger partial charge in [0.15, 0.2) is 0 Å². The van der Waals surface area contributed by atoms with Gasteiger partial charge in [0, 0.05) is 71.9 Å². The van der Waals surface area contributed by atoms with Crippen LogP contribution in [0, 0.1) is 0 Å². The normalized spacial score (nSPS) is 10.4. The number of hydrogen-bond acceptors (Lipinski definition) is 8. The summed E-state index contributed by atoms with van der Waals surface area (Å²) in [5.41, 5.74) is 20.9. The van der Waals surface area contributed by atoms with E-state index in [1.807, 2.05) is 0 Å². The van der Waals surface area contributed by atoms with E-state index in [9.17, 15) is 4.79 Å². The van der Waals surface area contributed by atoms with Crippen molar-refractivity contribution in [3.63, 3.8) is 0 Å². The number of aliphatic carboxylic acids is 1. The van der Waals surface area contributed by atoms with Crippen molar-refractivity contribution in [2.45, 2.75) is 110 Å². The van der Waals surface area contributed by atoms with Gasteiger partial charge in [0.25, 0.3) is 0 Å². The highest BCUT2D eigenvalue weighted by atomic mass is 16.4. The Balaban J connectivity index is -0.000000561. The second-order valence-corrected chi connectivity index (χ2v) is 9.50. The Morgan fingerprint density at radius 3 is 1.03 bits per heavy atom. The summed E-state index contributed by atoms with van der Waals surface area (Å²) in [4.78, 5) is 10.3. The summed E-state index contributed by atoms with van der Waals surface area (Å²) in [6.07, 6.45) is 20.2. The van der Waals surface area contributed by atoms with E-state index in [1.54, 1.807) is 0 Å². The molecule has 0 saturated heterocycles. The van der Waals surface area contributed by atoms with E-state index >= 15 is 0 Å². The van der Waals surface area contributed by atoms with Crippen LogP contribution in [0.15, 0.2) is 0 Å². The van der Waals surface area contributed by atoms with Gasteiger partial charge >= 0.3 is 5.97 Å². The van der Waals surface area contributed by atoms with Crippen molar-refractivity contribution >= 4 is 5.97 Å². The van der Waals surface area contributed by atoms with Gasteiger partial charge in [-0.2, -0.15) is 0 Å². The van der Waals surface area contributed by atoms with Gasteiger partial charge in [-0.25, -0.2) is 0 Å². The first-order valence-corrected chi connectivity index (χ1v) is 15.2. The highest BCUT2D eigenvalue weighted by Crippen LogP contribution is 2.13. The molecule has 0 aromatic rings. The van der Waals surface area contributed by atoms with Crippen LogP contribution in [0.3, 0.4) is 0 Å². The molecule has 12 N–H and O–H groups in total. The van der Waals surface area contributed by atoms with Gasteiger partial charge in [0.05, 0.1) is 0 Å². The van der Waals surface area contributed by atoms with E-state index in [0.29, 0.717) is 32.6 Å². The maximum Gasteiger partial charge on any atom is 0.303 e. The van der Waals surface area contributed by atoms with Gasteiger partial charge in [-0.1, -0.05) is 96.8 Å².